The number of thiazole rings is 1. The molecule has 0 saturated carbocycles. The van der Waals surface area contributed by atoms with Crippen molar-refractivity contribution in [2.24, 2.45) is 4.99 Å². The van der Waals surface area contributed by atoms with Crippen LogP contribution in [0, 0.1) is 0 Å². The van der Waals surface area contributed by atoms with Crippen LogP contribution < -0.4 is 19.6 Å². The highest BCUT2D eigenvalue weighted by Gasteiger charge is 2.35. The van der Waals surface area contributed by atoms with E-state index in [0.29, 0.717) is 31.4 Å². The minimum absolute atomic E-state index is 0.134. The van der Waals surface area contributed by atoms with Crippen LogP contribution in [0.15, 0.2) is 63.5 Å². The summed E-state index contributed by atoms with van der Waals surface area (Å²) in [6.45, 7) is 1.70. The van der Waals surface area contributed by atoms with Gasteiger partial charge in [0.2, 0.25) is 0 Å². The molecule has 0 aliphatic carbocycles. The summed E-state index contributed by atoms with van der Waals surface area (Å²) in [7, 11) is 2.79. The number of esters is 1. The molecule has 32 heavy (non-hydrogen) atoms. The number of hydrogen-bond donors (Lipinski definition) is 1. The smallest absolute Gasteiger partial charge is 0.338 e. The molecule has 1 aromatic heterocycles. The first-order chi connectivity index (χ1) is 15.3. The zero-order valence-electron chi connectivity index (χ0n) is 17.5. The third-order valence-electron chi connectivity index (χ3n) is 5.10. The molecule has 9 heteroatoms. The number of phenols is 1. The first-order valence-electron chi connectivity index (χ1n) is 9.57. The number of carbonyl (C=O) groups is 1. The molecule has 1 atom stereocenters. The number of aromatic nitrogens is 1. The van der Waals surface area contributed by atoms with Crippen molar-refractivity contribution in [2.45, 2.75) is 13.0 Å². The SMILES string of the molecule is COC(=O)C1=C(C)N=c2s/c(=C\c3ccc(O)cc3)c(=O)n2[C@H]1c1cc(Cl)ccc1OC. The molecule has 0 radical (unpaired) electrons. The van der Waals surface area contributed by atoms with Gasteiger partial charge in [0.05, 0.1) is 30.0 Å². The number of hydrogen-bond acceptors (Lipinski definition) is 7. The highest BCUT2D eigenvalue weighted by molar-refractivity contribution is 7.07. The standard InChI is InChI=1S/C23H19ClN2O5S/c1-12-19(22(29)31-3)20(16-11-14(24)6-9-17(16)30-2)26-21(28)18(32-23(26)25-12)10-13-4-7-15(27)8-5-13/h4-11,20,27H,1-3H3/b18-10-/t20-/m0/s1. The van der Waals surface area contributed by atoms with E-state index >= 15 is 0 Å². The van der Waals surface area contributed by atoms with E-state index < -0.39 is 12.0 Å². The van der Waals surface area contributed by atoms with Gasteiger partial charge in [-0.2, -0.15) is 0 Å². The van der Waals surface area contributed by atoms with E-state index in [1.807, 2.05) is 0 Å². The van der Waals surface area contributed by atoms with Gasteiger partial charge in [-0.25, -0.2) is 9.79 Å². The summed E-state index contributed by atoms with van der Waals surface area (Å²) in [4.78, 5) is 31.2. The lowest BCUT2D eigenvalue weighted by Gasteiger charge is -2.25. The molecule has 1 aliphatic rings. The molecule has 1 N–H and O–H groups in total. The van der Waals surface area contributed by atoms with Crippen molar-refractivity contribution in [1.82, 2.24) is 4.57 Å². The van der Waals surface area contributed by atoms with Crippen molar-refractivity contribution in [3.05, 3.63) is 89.6 Å². The average molecular weight is 471 g/mol. The van der Waals surface area contributed by atoms with Crippen molar-refractivity contribution in [2.75, 3.05) is 14.2 Å². The fraction of sp³-hybridized carbons (Fsp3) is 0.174. The highest BCUT2D eigenvalue weighted by Crippen LogP contribution is 2.37. The molecule has 2 heterocycles. The van der Waals surface area contributed by atoms with E-state index in [9.17, 15) is 14.7 Å². The summed E-state index contributed by atoms with van der Waals surface area (Å²) in [6.07, 6.45) is 1.71. The number of phenolic OH excluding ortho intramolecular Hbond substituents is 1. The fourth-order valence-electron chi connectivity index (χ4n) is 3.63. The molecule has 0 spiro atoms. The van der Waals surface area contributed by atoms with Crippen LogP contribution in [0.4, 0.5) is 0 Å². The Hall–Kier alpha value is -3.36. The van der Waals surface area contributed by atoms with Crippen LogP contribution in [0.1, 0.15) is 24.1 Å². The monoisotopic (exact) mass is 470 g/mol. The van der Waals surface area contributed by atoms with E-state index in [1.54, 1.807) is 55.5 Å². The number of carbonyl (C=O) groups excluding carboxylic acids is 1. The second-order valence-electron chi connectivity index (χ2n) is 7.05. The molecule has 7 nitrogen and oxygen atoms in total. The summed E-state index contributed by atoms with van der Waals surface area (Å²) >= 11 is 7.47. The van der Waals surface area contributed by atoms with Crippen molar-refractivity contribution in [3.8, 4) is 11.5 Å². The van der Waals surface area contributed by atoms with Crippen molar-refractivity contribution < 1.29 is 19.4 Å². The Kier molecular flexibility index (Phi) is 5.90. The maximum absolute atomic E-state index is 13.5. The first kappa shape index (κ1) is 21.9. The maximum Gasteiger partial charge on any atom is 0.338 e. The number of nitrogens with zero attached hydrogens (tertiary/aromatic N) is 2. The van der Waals surface area contributed by atoms with E-state index in [1.165, 1.54) is 30.1 Å². The minimum atomic E-state index is -0.825. The first-order valence-corrected chi connectivity index (χ1v) is 10.8. The minimum Gasteiger partial charge on any atom is -0.508 e. The Labute approximate surface area is 192 Å². The molecule has 0 amide bonds. The number of rotatable bonds is 4. The van der Waals surface area contributed by atoms with Crippen LogP contribution in [0.2, 0.25) is 5.02 Å². The molecule has 0 bridgehead atoms. The largest absolute Gasteiger partial charge is 0.508 e. The maximum atomic E-state index is 13.5. The van der Waals surface area contributed by atoms with Gasteiger partial charge < -0.3 is 14.6 Å². The second kappa shape index (κ2) is 8.64. The van der Waals surface area contributed by atoms with Crippen molar-refractivity contribution in [3.63, 3.8) is 0 Å². The van der Waals surface area contributed by atoms with Gasteiger partial charge in [-0.15, -0.1) is 0 Å². The van der Waals surface area contributed by atoms with E-state index in [0.717, 1.165) is 5.56 Å². The Morgan fingerprint density at radius 2 is 1.94 bits per heavy atom. The van der Waals surface area contributed by atoms with Crippen molar-refractivity contribution >= 4 is 35.0 Å². The molecule has 4 rings (SSSR count). The van der Waals surface area contributed by atoms with Gasteiger partial charge in [-0.3, -0.25) is 9.36 Å². The summed E-state index contributed by atoms with van der Waals surface area (Å²) < 4.78 is 12.4. The zero-order valence-corrected chi connectivity index (χ0v) is 19.0. The van der Waals surface area contributed by atoms with E-state index in [4.69, 9.17) is 21.1 Å². The van der Waals surface area contributed by atoms with Crippen molar-refractivity contribution in [1.29, 1.82) is 0 Å². The van der Waals surface area contributed by atoms with Crippen LogP contribution in [0.25, 0.3) is 6.08 Å². The number of methoxy groups -OCH3 is 2. The summed E-state index contributed by atoms with van der Waals surface area (Å²) in [5.74, 6) is 0.0183. The van der Waals surface area contributed by atoms with Gasteiger partial charge in [-0.05, 0) is 48.9 Å². The Morgan fingerprint density at radius 3 is 2.59 bits per heavy atom. The molecule has 0 unspecified atom stereocenters. The van der Waals surface area contributed by atoms with Gasteiger partial charge in [0, 0.05) is 10.6 Å². The summed E-state index contributed by atoms with van der Waals surface area (Å²) in [5, 5.41) is 9.95. The quantitative estimate of drug-likeness (QED) is 0.592. The topological polar surface area (TPSA) is 90.1 Å². The lowest BCUT2D eigenvalue weighted by molar-refractivity contribution is -0.136. The molecule has 1 aliphatic heterocycles. The zero-order chi connectivity index (χ0) is 23.0. The van der Waals surface area contributed by atoms with E-state index in [2.05, 4.69) is 4.99 Å². The van der Waals surface area contributed by atoms with Crippen LogP contribution in [0.5, 0.6) is 11.5 Å². The van der Waals surface area contributed by atoms with Crippen LogP contribution in [-0.2, 0) is 9.53 Å². The molecule has 0 fully saturated rings. The lowest BCUT2D eigenvalue weighted by Crippen LogP contribution is -2.40. The molecular formula is C23H19ClN2O5S. The van der Waals surface area contributed by atoms with Gasteiger partial charge in [-0.1, -0.05) is 35.1 Å². The Morgan fingerprint density at radius 1 is 1.22 bits per heavy atom. The second-order valence-corrected chi connectivity index (χ2v) is 8.50. The predicted molar refractivity (Wildman–Crippen MR) is 122 cm³/mol. The number of ether oxygens (including phenoxy) is 2. The molecule has 2 aromatic carbocycles. The normalized spacial score (nSPS) is 15.9. The van der Waals surface area contributed by atoms with Gasteiger partial charge in [0.25, 0.3) is 5.56 Å². The predicted octanol–water partition coefficient (Wildman–Crippen LogP) is 2.78. The van der Waals surface area contributed by atoms with Gasteiger partial charge >= 0.3 is 5.97 Å². The number of aromatic hydroxyl groups is 1. The molecule has 164 valence electrons. The fourth-order valence-corrected chi connectivity index (χ4v) is 4.85. The number of halogens is 1. The van der Waals surface area contributed by atoms with E-state index in [-0.39, 0.29) is 16.9 Å². The van der Waals surface area contributed by atoms with Gasteiger partial charge in [0.1, 0.15) is 17.5 Å². The summed E-state index contributed by atoms with van der Waals surface area (Å²) in [5.41, 5.74) is 1.65. The molecule has 3 aromatic rings. The number of fused-ring (bicyclic) bond motifs is 1. The van der Waals surface area contributed by atoms with Gasteiger partial charge in [0.15, 0.2) is 4.80 Å². The number of benzene rings is 2. The van der Waals surface area contributed by atoms with Crippen LogP contribution in [0.3, 0.4) is 0 Å². The molecule has 0 saturated heterocycles. The third-order valence-corrected chi connectivity index (χ3v) is 6.32. The van der Waals surface area contributed by atoms with Crippen LogP contribution in [-0.4, -0.2) is 29.9 Å². The van der Waals surface area contributed by atoms with Crippen LogP contribution >= 0.6 is 22.9 Å². The highest BCUT2D eigenvalue weighted by atomic mass is 35.5. The Balaban J connectivity index is 2.02. The summed E-state index contributed by atoms with van der Waals surface area (Å²) in [6, 6.07) is 10.7. The molecular weight excluding hydrogens is 452 g/mol. The number of allylic oxidation sites excluding steroid dienone is 1. The lowest BCUT2D eigenvalue weighted by atomic mass is 9.95. The Bertz CT molecular complexity index is 1420. The third kappa shape index (κ3) is 3.83. The average Bonchev–Trinajstić information content (AvgIpc) is 3.08.